The van der Waals surface area contributed by atoms with Crippen LogP contribution in [0.3, 0.4) is 0 Å². The first-order valence-corrected chi connectivity index (χ1v) is 14.6. The van der Waals surface area contributed by atoms with Crippen molar-refractivity contribution >= 4 is 13.8 Å². The molecule has 1 rings (SSSR count). The molecule has 210 valence electrons. The van der Waals surface area contributed by atoms with E-state index in [1.807, 2.05) is 55.5 Å². The van der Waals surface area contributed by atoms with Gasteiger partial charge in [0.2, 0.25) is 0 Å². The van der Waals surface area contributed by atoms with Crippen LogP contribution in [0.1, 0.15) is 72.1 Å². The van der Waals surface area contributed by atoms with Crippen molar-refractivity contribution in [1.29, 1.82) is 0 Å². The summed E-state index contributed by atoms with van der Waals surface area (Å²) in [6.07, 6.45) is 24.3. The third kappa shape index (κ3) is 16.4. The molecule has 0 bridgehead atoms. The maximum absolute atomic E-state index is 12.7. The van der Waals surface area contributed by atoms with E-state index in [2.05, 4.69) is 20.1 Å². The van der Waals surface area contributed by atoms with E-state index in [1.165, 1.54) is 0 Å². The molecule has 0 fully saturated rings. The lowest BCUT2D eigenvalue weighted by Gasteiger charge is -2.34. The second kappa shape index (κ2) is 18.7. The van der Waals surface area contributed by atoms with Gasteiger partial charge < -0.3 is 23.6 Å². The Labute approximate surface area is 229 Å². The van der Waals surface area contributed by atoms with Crippen LogP contribution >= 0.6 is 7.82 Å². The third-order valence-electron chi connectivity index (χ3n) is 6.22. The first kappa shape index (κ1) is 33.5. The van der Waals surface area contributed by atoms with E-state index >= 15 is 0 Å². The molecule has 0 aromatic rings. The number of ether oxygens (including phenoxy) is 1. The van der Waals surface area contributed by atoms with E-state index in [1.54, 1.807) is 25.2 Å². The van der Waals surface area contributed by atoms with Crippen LogP contribution in [-0.2, 0) is 18.6 Å². The molecule has 7 heteroatoms. The number of hydrogen-bond donors (Lipinski definition) is 0. The van der Waals surface area contributed by atoms with Crippen molar-refractivity contribution < 1.29 is 28.4 Å². The molecular weight excluding hydrogens is 499 g/mol. The lowest BCUT2D eigenvalue weighted by molar-refractivity contribution is -0.344. The summed E-state index contributed by atoms with van der Waals surface area (Å²) in [5, 5.41) is 0. The molecular formula is C31H43O6P-2. The van der Waals surface area contributed by atoms with Crippen molar-refractivity contribution in [2.75, 3.05) is 0 Å². The standard InChI is InChI=1S/C31H45O6P/c1-6-17-25(2)22-23-29-20-16-15-19-27(4)30(37-38(33,34)35)21-14-12-10-8-7-9-11-13-18-26(3)28(5)24-31(32)36-29/h6-11,13,15-17,19,26,29-30H,1,5,12,14,18,20-24H2,2-4H3,(H2,33,34,35)/p-2/b9-7-,10-8-,13-11+,16-15+,25-17+,27-19+. The molecule has 38 heavy (non-hydrogen) atoms. The Hall–Kier alpha value is -2.50. The minimum Gasteiger partial charge on any atom is -0.790 e. The highest BCUT2D eigenvalue weighted by molar-refractivity contribution is 7.43. The number of phosphoric acid groups is 1. The normalized spacial score (nSPS) is 28.5. The predicted molar refractivity (Wildman–Crippen MR) is 152 cm³/mol. The van der Waals surface area contributed by atoms with Gasteiger partial charge in [0.1, 0.15) is 6.10 Å². The fourth-order valence-electron chi connectivity index (χ4n) is 3.81. The minimum atomic E-state index is -5.13. The largest absolute Gasteiger partial charge is 0.790 e. The summed E-state index contributed by atoms with van der Waals surface area (Å²) in [6, 6.07) is 0. The summed E-state index contributed by atoms with van der Waals surface area (Å²) in [5.74, 6) is -0.151. The fraction of sp³-hybridized carbons (Fsp3) is 0.452. The number of esters is 1. The van der Waals surface area contributed by atoms with Crippen molar-refractivity contribution in [3.63, 3.8) is 0 Å². The highest BCUT2D eigenvalue weighted by atomic mass is 31.2. The Balaban J connectivity index is 3.11. The van der Waals surface area contributed by atoms with Crippen LogP contribution in [0.4, 0.5) is 0 Å². The SMILES string of the molecule is C=C/C=C(\C)CCC1C/C=C/C=C(\C)C(OP(=O)([O-])[O-])CCC\C=C/C=C\C=C\CC(C)C(=C)CC(=O)O1. The van der Waals surface area contributed by atoms with Gasteiger partial charge in [0.15, 0.2) is 0 Å². The number of carbonyl (C=O) groups is 1. The van der Waals surface area contributed by atoms with Crippen LogP contribution in [-0.4, -0.2) is 18.2 Å². The minimum absolute atomic E-state index is 0.151. The van der Waals surface area contributed by atoms with E-state index in [0.29, 0.717) is 31.3 Å². The third-order valence-corrected chi connectivity index (χ3v) is 6.73. The van der Waals surface area contributed by atoms with Gasteiger partial charge in [0, 0.05) is 6.42 Å². The Morgan fingerprint density at radius 1 is 1.16 bits per heavy atom. The molecule has 0 saturated heterocycles. The number of rotatable bonds is 6. The number of phosphoric ester groups is 1. The molecule has 1 aliphatic rings. The Bertz CT molecular complexity index is 992. The molecule has 1 heterocycles. The van der Waals surface area contributed by atoms with Gasteiger partial charge >= 0.3 is 5.97 Å². The van der Waals surface area contributed by atoms with Gasteiger partial charge in [-0.2, -0.15) is 0 Å². The molecule has 0 amide bonds. The number of cyclic esters (lactones) is 1. The highest BCUT2D eigenvalue weighted by Gasteiger charge is 2.17. The lowest BCUT2D eigenvalue weighted by atomic mass is 9.96. The predicted octanol–water partition coefficient (Wildman–Crippen LogP) is 6.74. The van der Waals surface area contributed by atoms with Crippen LogP contribution in [0.15, 0.2) is 96.7 Å². The number of allylic oxidation sites excluding steroid dienone is 11. The zero-order valence-corrected chi connectivity index (χ0v) is 23.9. The van der Waals surface area contributed by atoms with Gasteiger partial charge in [-0.3, -0.25) is 4.79 Å². The number of carbonyl (C=O) groups excluding carboxylic acids is 1. The highest BCUT2D eigenvalue weighted by Crippen LogP contribution is 2.32. The molecule has 1 aliphatic heterocycles. The van der Waals surface area contributed by atoms with Crippen molar-refractivity contribution in [3.8, 4) is 0 Å². The van der Waals surface area contributed by atoms with Gasteiger partial charge in [0.05, 0.1) is 20.3 Å². The average molecular weight is 543 g/mol. The molecule has 0 aromatic heterocycles. The van der Waals surface area contributed by atoms with Crippen molar-refractivity contribution in [1.82, 2.24) is 0 Å². The summed E-state index contributed by atoms with van der Waals surface area (Å²) in [7, 11) is -5.13. The molecule has 0 spiro atoms. The van der Waals surface area contributed by atoms with Crippen molar-refractivity contribution in [2.45, 2.75) is 84.3 Å². The lowest BCUT2D eigenvalue weighted by Crippen LogP contribution is -2.23. The van der Waals surface area contributed by atoms with E-state index in [4.69, 9.17) is 9.26 Å². The summed E-state index contributed by atoms with van der Waals surface area (Å²) in [4.78, 5) is 35.3. The molecule has 0 N–H and O–H groups in total. The summed E-state index contributed by atoms with van der Waals surface area (Å²) in [6.45, 7) is 13.6. The van der Waals surface area contributed by atoms with Crippen molar-refractivity contribution in [3.05, 3.63) is 96.7 Å². The maximum Gasteiger partial charge on any atom is 0.310 e. The summed E-state index contributed by atoms with van der Waals surface area (Å²) in [5.41, 5.74) is 2.61. The molecule has 0 aromatic carbocycles. The molecule has 3 unspecified atom stereocenters. The molecule has 0 aliphatic carbocycles. The summed E-state index contributed by atoms with van der Waals surface area (Å²) >= 11 is 0. The van der Waals surface area contributed by atoms with E-state index in [-0.39, 0.29) is 24.4 Å². The fourth-order valence-corrected chi connectivity index (χ4v) is 4.40. The van der Waals surface area contributed by atoms with Gasteiger partial charge in [-0.1, -0.05) is 98.1 Å². The molecule has 6 nitrogen and oxygen atoms in total. The van der Waals surface area contributed by atoms with E-state index in [0.717, 1.165) is 30.4 Å². The average Bonchev–Trinajstić information content (AvgIpc) is 2.83. The number of hydrogen-bond acceptors (Lipinski definition) is 6. The Morgan fingerprint density at radius 2 is 1.84 bits per heavy atom. The zero-order chi connectivity index (χ0) is 28.4. The van der Waals surface area contributed by atoms with Crippen LogP contribution in [0, 0.1) is 5.92 Å². The Kier molecular flexibility index (Phi) is 16.5. The maximum atomic E-state index is 12.7. The zero-order valence-electron chi connectivity index (χ0n) is 23.1. The first-order chi connectivity index (χ1) is 18.0. The van der Waals surface area contributed by atoms with E-state index in [9.17, 15) is 19.1 Å². The van der Waals surface area contributed by atoms with Crippen LogP contribution in [0.2, 0.25) is 0 Å². The Morgan fingerprint density at radius 3 is 2.53 bits per heavy atom. The first-order valence-electron chi connectivity index (χ1n) is 13.2. The second-order valence-corrected chi connectivity index (χ2v) is 10.8. The van der Waals surface area contributed by atoms with Crippen LogP contribution < -0.4 is 9.79 Å². The van der Waals surface area contributed by atoms with Gasteiger partial charge in [-0.05, 0) is 63.9 Å². The van der Waals surface area contributed by atoms with Crippen LogP contribution in [0.25, 0.3) is 0 Å². The topological polar surface area (TPSA) is 98.7 Å². The monoisotopic (exact) mass is 542 g/mol. The summed E-state index contributed by atoms with van der Waals surface area (Å²) < 4.78 is 21.9. The second-order valence-electron chi connectivity index (χ2n) is 9.66. The molecule has 0 saturated carbocycles. The molecule has 3 atom stereocenters. The quantitative estimate of drug-likeness (QED) is 0.159. The van der Waals surface area contributed by atoms with Gasteiger partial charge in [-0.25, -0.2) is 0 Å². The van der Waals surface area contributed by atoms with Crippen molar-refractivity contribution in [2.24, 2.45) is 5.92 Å². The molecule has 0 radical (unpaired) electrons. The van der Waals surface area contributed by atoms with Gasteiger partial charge in [-0.15, -0.1) is 0 Å². The van der Waals surface area contributed by atoms with Gasteiger partial charge in [0.25, 0.3) is 0 Å². The van der Waals surface area contributed by atoms with E-state index < -0.39 is 13.9 Å². The smallest absolute Gasteiger partial charge is 0.310 e. The van der Waals surface area contributed by atoms with Crippen LogP contribution in [0.5, 0.6) is 0 Å².